The number of aromatic nitrogens is 3. The van der Waals surface area contributed by atoms with E-state index in [1.165, 1.54) is 7.11 Å². The molecule has 2 N–H and O–H groups in total. The second kappa shape index (κ2) is 6.31. The Bertz CT molecular complexity index is 667. The highest BCUT2D eigenvalue weighted by Crippen LogP contribution is 2.13. The van der Waals surface area contributed by atoms with Crippen molar-refractivity contribution >= 4 is 22.9 Å². The number of carboxylic acids is 1. The van der Waals surface area contributed by atoms with Crippen LogP contribution in [0.5, 0.6) is 0 Å². The summed E-state index contributed by atoms with van der Waals surface area (Å²) in [6, 6.07) is 3.83. The van der Waals surface area contributed by atoms with Crippen molar-refractivity contribution in [2.45, 2.75) is 19.5 Å². The summed E-state index contributed by atoms with van der Waals surface area (Å²) in [6.07, 6.45) is 0. The van der Waals surface area contributed by atoms with E-state index in [0.29, 0.717) is 17.6 Å². The Hall–Kier alpha value is -2.48. The zero-order chi connectivity index (χ0) is 15.4. The van der Waals surface area contributed by atoms with Gasteiger partial charge in [0.05, 0.1) is 12.1 Å². The lowest BCUT2D eigenvalue weighted by Crippen LogP contribution is -2.43. The largest absolute Gasteiger partial charge is 0.480 e. The van der Waals surface area contributed by atoms with E-state index in [0.717, 1.165) is 5.52 Å². The molecule has 0 saturated carbocycles. The molecular weight excluding hydrogens is 276 g/mol. The standard InChI is InChI=1S/C13H16N4O4/c1-3-17-11-5-4-8(6-9(11)15-16-17)12(18)14-10(7-21-2)13(19)20/h4-6,10H,3,7H2,1-2H3,(H,14,18)(H,19,20). The molecule has 0 saturated heterocycles. The first-order valence-electron chi connectivity index (χ1n) is 6.42. The van der Waals surface area contributed by atoms with E-state index in [-0.39, 0.29) is 6.61 Å². The van der Waals surface area contributed by atoms with Crippen molar-refractivity contribution in [1.82, 2.24) is 20.3 Å². The Balaban J connectivity index is 2.21. The molecule has 0 fully saturated rings. The van der Waals surface area contributed by atoms with Gasteiger partial charge in [-0.2, -0.15) is 0 Å². The van der Waals surface area contributed by atoms with Crippen LogP contribution in [0, 0.1) is 0 Å². The number of carboxylic acid groups (broad SMARTS) is 1. The molecule has 21 heavy (non-hydrogen) atoms. The number of fused-ring (bicyclic) bond motifs is 1. The van der Waals surface area contributed by atoms with Crippen LogP contribution < -0.4 is 5.32 Å². The minimum atomic E-state index is -1.15. The van der Waals surface area contributed by atoms with Crippen LogP contribution in [0.15, 0.2) is 18.2 Å². The van der Waals surface area contributed by atoms with E-state index >= 15 is 0 Å². The van der Waals surface area contributed by atoms with Gasteiger partial charge in [0.1, 0.15) is 5.52 Å². The summed E-state index contributed by atoms with van der Waals surface area (Å²) < 4.78 is 6.48. The molecule has 8 nitrogen and oxygen atoms in total. The van der Waals surface area contributed by atoms with Gasteiger partial charge in [-0.3, -0.25) is 4.79 Å². The van der Waals surface area contributed by atoms with Crippen LogP contribution in [-0.2, 0) is 16.1 Å². The molecule has 0 radical (unpaired) electrons. The van der Waals surface area contributed by atoms with Crippen molar-refractivity contribution < 1.29 is 19.4 Å². The summed E-state index contributed by atoms with van der Waals surface area (Å²) in [6.45, 7) is 2.52. The first-order chi connectivity index (χ1) is 10.1. The maximum atomic E-state index is 12.1. The molecule has 112 valence electrons. The summed E-state index contributed by atoms with van der Waals surface area (Å²) in [7, 11) is 1.37. The lowest BCUT2D eigenvalue weighted by Gasteiger charge is -2.13. The van der Waals surface area contributed by atoms with Crippen molar-refractivity contribution in [1.29, 1.82) is 0 Å². The minimum Gasteiger partial charge on any atom is -0.480 e. The highest BCUT2D eigenvalue weighted by atomic mass is 16.5. The Morgan fingerprint density at radius 2 is 2.24 bits per heavy atom. The SMILES string of the molecule is CCn1nnc2cc(C(=O)NC(COC)C(=O)O)ccc21. The van der Waals surface area contributed by atoms with Gasteiger partial charge in [-0.05, 0) is 25.1 Å². The maximum absolute atomic E-state index is 12.1. The lowest BCUT2D eigenvalue weighted by molar-refractivity contribution is -0.140. The number of nitrogens with zero attached hydrogens (tertiary/aromatic N) is 3. The average Bonchev–Trinajstić information content (AvgIpc) is 2.88. The van der Waals surface area contributed by atoms with Crippen LogP contribution >= 0.6 is 0 Å². The van der Waals surface area contributed by atoms with Crippen molar-refractivity contribution in [3.05, 3.63) is 23.8 Å². The van der Waals surface area contributed by atoms with E-state index in [2.05, 4.69) is 15.6 Å². The number of carbonyl (C=O) groups is 2. The van der Waals surface area contributed by atoms with E-state index in [4.69, 9.17) is 9.84 Å². The molecule has 0 spiro atoms. The molecule has 2 aromatic rings. The lowest BCUT2D eigenvalue weighted by atomic mass is 10.1. The van der Waals surface area contributed by atoms with E-state index in [1.54, 1.807) is 22.9 Å². The third-order valence-corrected chi connectivity index (χ3v) is 3.01. The number of aryl methyl sites for hydroxylation is 1. The normalized spacial score (nSPS) is 12.3. The number of amides is 1. The van der Waals surface area contributed by atoms with Crippen LogP contribution in [0.3, 0.4) is 0 Å². The number of carbonyl (C=O) groups excluding carboxylic acids is 1. The summed E-state index contributed by atoms with van der Waals surface area (Å²) in [5, 5.41) is 19.3. The Labute approximate surface area is 120 Å². The monoisotopic (exact) mass is 292 g/mol. The number of benzene rings is 1. The molecule has 1 aromatic heterocycles. The van der Waals surface area contributed by atoms with E-state index in [9.17, 15) is 9.59 Å². The zero-order valence-corrected chi connectivity index (χ0v) is 11.7. The molecule has 0 aliphatic rings. The highest BCUT2D eigenvalue weighted by Gasteiger charge is 2.20. The van der Waals surface area contributed by atoms with Gasteiger partial charge in [0, 0.05) is 19.2 Å². The molecular formula is C13H16N4O4. The second-order valence-electron chi connectivity index (χ2n) is 4.43. The molecule has 1 atom stereocenters. The van der Waals surface area contributed by atoms with Crippen LogP contribution in [-0.4, -0.2) is 51.7 Å². The molecule has 1 aromatic carbocycles. The predicted molar refractivity (Wildman–Crippen MR) is 74.0 cm³/mol. The highest BCUT2D eigenvalue weighted by molar-refractivity contribution is 5.99. The van der Waals surface area contributed by atoms with Gasteiger partial charge in [0.2, 0.25) is 0 Å². The molecule has 8 heteroatoms. The van der Waals surface area contributed by atoms with Gasteiger partial charge >= 0.3 is 5.97 Å². The number of hydrogen-bond donors (Lipinski definition) is 2. The fraction of sp³-hybridized carbons (Fsp3) is 0.385. The smallest absolute Gasteiger partial charge is 0.328 e. The van der Waals surface area contributed by atoms with Crippen LogP contribution in [0.4, 0.5) is 0 Å². The fourth-order valence-electron chi connectivity index (χ4n) is 1.93. The molecule has 0 aliphatic heterocycles. The number of ether oxygens (including phenoxy) is 1. The van der Waals surface area contributed by atoms with Gasteiger partial charge < -0.3 is 15.2 Å². The first-order valence-corrected chi connectivity index (χ1v) is 6.42. The maximum Gasteiger partial charge on any atom is 0.328 e. The summed E-state index contributed by atoms with van der Waals surface area (Å²) in [4.78, 5) is 23.1. The average molecular weight is 292 g/mol. The number of methoxy groups -OCH3 is 1. The summed E-state index contributed by atoms with van der Waals surface area (Å²) >= 11 is 0. The molecule has 1 unspecified atom stereocenters. The Morgan fingerprint density at radius 3 is 2.86 bits per heavy atom. The number of rotatable bonds is 6. The van der Waals surface area contributed by atoms with Gasteiger partial charge in [0.25, 0.3) is 5.91 Å². The Morgan fingerprint density at radius 1 is 1.48 bits per heavy atom. The minimum absolute atomic E-state index is 0.102. The first kappa shape index (κ1) is 14.9. The van der Waals surface area contributed by atoms with E-state index in [1.807, 2.05) is 6.92 Å². The van der Waals surface area contributed by atoms with Crippen molar-refractivity contribution in [3.63, 3.8) is 0 Å². The second-order valence-corrected chi connectivity index (χ2v) is 4.43. The number of nitrogens with one attached hydrogen (secondary N) is 1. The van der Waals surface area contributed by atoms with Crippen LogP contribution in [0.1, 0.15) is 17.3 Å². The van der Waals surface area contributed by atoms with Crippen molar-refractivity contribution in [2.24, 2.45) is 0 Å². The molecule has 2 rings (SSSR count). The zero-order valence-electron chi connectivity index (χ0n) is 11.7. The quantitative estimate of drug-likeness (QED) is 0.792. The van der Waals surface area contributed by atoms with Gasteiger partial charge in [-0.25, -0.2) is 9.48 Å². The van der Waals surface area contributed by atoms with Gasteiger partial charge in [-0.1, -0.05) is 5.21 Å². The third kappa shape index (κ3) is 3.16. The van der Waals surface area contributed by atoms with Crippen LogP contribution in [0.25, 0.3) is 11.0 Å². The van der Waals surface area contributed by atoms with Crippen LogP contribution in [0.2, 0.25) is 0 Å². The summed E-state index contributed by atoms with van der Waals surface area (Å²) in [5.74, 6) is -1.64. The van der Waals surface area contributed by atoms with Gasteiger partial charge in [-0.15, -0.1) is 5.10 Å². The number of hydrogen-bond acceptors (Lipinski definition) is 5. The fourth-order valence-corrected chi connectivity index (χ4v) is 1.93. The molecule has 1 amide bonds. The molecule has 0 bridgehead atoms. The predicted octanol–water partition coefficient (Wildman–Crippen LogP) is 0.281. The third-order valence-electron chi connectivity index (χ3n) is 3.01. The number of aliphatic carboxylic acids is 1. The Kier molecular flexibility index (Phi) is 4.49. The van der Waals surface area contributed by atoms with Crippen molar-refractivity contribution in [3.8, 4) is 0 Å². The summed E-state index contributed by atoms with van der Waals surface area (Å²) in [5.41, 5.74) is 1.73. The molecule has 1 heterocycles. The molecule has 0 aliphatic carbocycles. The van der Waals surface area contributed by atoms with Gasteiger partial charge in [0.15, 0.2) is 6.04 Å². The topological polar surface area (TPSA) is 106 Å². The van der Waals surface area contributed by atoms with E-state index < -0.39 is 17.9 Å². The van der Waals surface area contributed by atoms with Crippen molar-refractivity contribution in [2.75, 3.05) is 13.7 Å².